The zero-order valence-corrected chi connectivity index (χ0v) is 27.0. The summed E-state index contributed by atoms with van der Waals surface area (Å²) in [5, 5.41) is 0. The maximum Gasteiger partial charge on any atom is 0.233 e. The van der Waals surface area contributed by atoms with Crippen molar-refractivity contribution in [1.29, 1.82) is 0 Å². The first kappa shape index (κ1) is 33.1. The van der Waals surface area contributed by atoms with Gasteiger partial charge in [0, 0.05) is 11.1 Å². The molecule has 44 heavy (non-hydrogen) atoms. The molecule has 0 N–H and O–H groups in total. The van der Waals surface area contributed by atoms with Gasteiger partial charge >= 0.3 is 0 Å². The van der Waals surface area contributed by atoms with Crippen LogP contribution < -0.4 is 0 Å². The number of carbonyl (C=O) groups is 2. The Bertz CT molecular complexity index is 1300. The van der Waals surface area contributed by atoms with Crippen molar-refractivity contribution < 1.29 is 9.59 Å². The van der Waals surface area contributed by atoms with Gasteiger partial charge in [0.1, 0.15) is 0 Å². The van der Waals surface area contributed by atoms with Gasteiger partial charge in [-0.05, 0) is 59.1 Å². The monoisotopic (exact) mass is 586 g/mol. The van der Waals surface area contributed by atoms with Crippen molar-refractivity contribution in [3.05, 3.63) is 119 Å². The van der Waals surface area contributed by atoms with Gasteiger partial charge in [-0.25, -0.2) is 0 Å². The molecule has 0 saturated heterocycles. The Morgan fingerprint density at radius 2 is 0.636 bits per heavy atom. The van der Waals surface area contributed by atoms with Crippen LogP contribution in [0.5, 0.6) is 0 Å². The summed E-state index contributed by atoms with van der Waals surface area (Å²) in [6.07, 6.45) is 17.9. The third kappa shape index (κ3) is 10.2. The van der Waals surface area contributed by atoms with Crippen LogP contribution in [0.3, 0.4) is 0 Å². The molecular weight excluding hydrogens is 536 g/mol. The van der Waals surface area contributed by atoms with Crippen LogP contribution in [0.25, 0.3) is 22.3 Å². The van der Waals surface area contributed by atoms with Gasteiger partial charge in [0.05, 0.1) is 0 Å². The number of hydrogen-bond acceptors (Lipinski definition) is 2. The van der Waals surface area contributed by atoms with E-state index in [1.165, 1.54) is 88.2 Å². The minimum Gasteiger partial charge on any atom is -0.285 e. The van der Waals surface area contributed by atoms with Gasteiger partial charge in [0.25, 0.3) is 0 Å². The highest BCUT2D eigenvalue weighted by Crippen LogP contribution is 2.24. The van der Waals surface area contributed by atoms with Gasteiger partial charge < -0.3 is 0 Å². The van der Waals surface area contributed by atoms with Crippen LogP contribution in [-0.2, 0) is 12.8 Å². The third-order valence-corrected chi connectivity index (χ3v) is 8.71. The van der Waals surface area contributed by atoms with Gasteiger partial charge in [-0.1, -0.05) is 175 Å². The number of rotatable bonds is 19. The number of ketones is 2. The number of Topliss-reactive ketones (excluding diaryl/α,β-unsaturated/α-hetero) is 2. The van der Waals surface area contributed by atoms with Gasteiger partial charge in [0.15, 0.2) is 0 Å². The molecule has 230 valence electrons. The number of hydrogen-bond donors (Lipinski definition) is 0. The molecule has 4 aromatic rings. The Hall–Kier alpha value is -3.78. The molecule has 0 amide bonds. The third-order valence-electron chi connectivity index (χ3n) is 8.71. The molecule has 0 aliphatic carbocycles. The molecule has 0 spiro atoms. The molecule has 4 rings (SSSR count). The van der Waals surface area contributed by atoms with Crippen LogP contribution in [0.2, 0.25) is 0 Å². The van der Waals surface area contributed by atoms with Crippen molar-refractivity contribution >= 4 is 11.6 Å². The summed E-state index contributed by atoms with van der Waals surface area (Å²) in [7, 11) is 0. The van der Waals surface area contributed by atoms with Crippen molar-refractivity contribution in [2.75, 3.05) is 0 Å². The van der Waals surface area contributed by atoms with Crippen molar-refractivity contribution in [2.45, 2.75) is 104 Å². The molecule has 2 heteroatoms. The van der Waals surface area contributed by atoms with E-state index in [0.29, 0.717) is 11.1 Å². The zero-order chi connectivity index (χ0) is 31.0. The van der Waals surface area contributed by atoms with E-state index >= 15 is 0 Å². The summed E-state index contributed by atoms with van der Waals surface area (Å²) in [4.78, 5) is 26.0. The van der Waals surface area contributed by atoms with Crippen LogP contribution in [0.1, 0.15) is 123 Å². The predicted octanol–water partition coefficient (Wildman–Crippen LogP) is 11.9. The standard InChI is InChI=1S/C42H50O2/c1-3-5-7-9-11-13-15-33-17-21-35(22-18-33)37-25-29-39(30-26-37)41(43)42(44)40-31-27-38(28-32-40)36-23-19-34(20-24-36)16-14-12-10-8-6-4-2/h17-32H,3-16H2,1-2H3. The lowest BCUT2D eigenvalue weighted by atomic mass is 9.96. The Kier molecular flexibility index (Phi) is 13.6. The molecule has 4 aromatic carbocycles. The largest absolute Gasteiger partial charge is 0.285 e. The van der Waals surface area contributed by atoms with E-state index in [1.807, 2.05) is 24.3 Å². The SMILES string of the molecule is CCCCCCCCc1ccc(-c2ccc(C(=O)C(=O)c3ccc(-c4ccc(CCCCCCCC)cc4)cc3)cc2)cc1. The molecule has 0 fully saturated rings. The first-order valence-electron chi connectivity index (χ1n) is 17.1. The molecule has 0 bridgehead atoms. The summed E-state index contributed by atoms with van der Waals surface area (Å²) in [6.45, 7) is 4.51. The van der Waals surface area contributed by atoms with E-state index in [0.717, 1.165) is 35.1 Å². The van der Waals surface area contributed by atoms with Crippen molar-refractivity contribution in [2.24, 2.45) is 0 Å². The zero-order valence-electron chi connectivity index (χ0n) is 27.0. The van der Waals surface area contributed by atoms with Crippen molar-refractivity contribution in [3.8, 4) is 22.3 Å². The molecule has 0 heterocycles. The van der Waals surface area contributed by atoms with Gasteiger partial charge in [0.2, 0.25) is 11.6 Å². The van der Waals surface area contributed by atoms with Gasteiger partial charge in [-0.15, -0.1) is 0 Å². The number of carbonyl (C=O) groups excluding carboxylic acids is 2. The lowest BCUT2D eigenvalue weighted by Gasteiger charge is -2.07. The summed E-state index contributed by atoms with van der Waals surface area (Å²) < 4.78 is 0. The quantitative estimate of drug-likeness (QED) is 0.0622. The Labute approximate surface area is 265 Å². The average Bonchev–Trinajstić information content (AvgIpc) is 3.08. The van der Waals surface area contributed by atoms with Crippen LogP contribution in [0.4, 0.5) is 0 Å². The summed E-state index contributed by atoms with van der Waals surface area (Å²) in [5.74, 6) is -0.949. The molecule has 0 saturated carbocycles. The second kappa shape index (κ2) is 18.1. The lowest BCUT2D eigenvalue weighted by molar-refractivity contribution is 0.0817. The molecule has 0 unspecified atom stereocenters. The fraction of sp³-hybridized carbons (Fsp3) is 0.381. The predicted molar refractivity (Wildman–Crippen MR) is 187 cm³/mol. The highest BCUT2D eigenvalue weighted by Gasteiger charge is 2.18. The smallest absolute Gasteiger partial charge is 0.233 e. The summed E-state index contributed by atoms with van der Waals surface area (Å²) in [5.41, 5.74) is 7.90. The van der Waals surface area contributed by atoms with Crippen LogP contribution in [0.15, 0.2) is 97.1 Å². The molecule has 0 aliphatic rings. The summed E-state index contributed by atoms with van der Waals surface area (Å²) in [6, 6.07) is 32.2. The fourth-order valence-corrected chi connectivity index (χ4v) is 5.84. The van der Waals surface area contributed by atoms with Crippen LogP contribution >= 0.6 is 0 Å². The molecule has 0 atom stereocenters. The van der Waals surface area contributed by atoms with Crippen molar-refractivity contribution in [3.63, 3.8) is 0 Å². The first-order valence-corrected chi connectivity index (χ1v) is 17.1. The van der Waals surface area contributed by atoms with Gasteiger partial charge in [-0.2, -0.15) is 0 Å². The Morgan fingerprint density at radius 3 is 0.955 bits per heavy atom. The molecular formula is C42H50O2. The van der Waals surface area contributed by atoms with E-state index in [2.05, 4.69) is 62.4 Å². The van der Waals surface area contributed by atoms with Crippen LogP contribution in [0, 0.1) is 0 Å². The number of unbranched alkanes of at least 4 members (excludes halogenated alkanes) is 10. The lowest BCUT2D eigenvalue weighted by Crippen LogP contribution is -2.14. The highest BCUT2D eigenvalue weighted by molar-refractivity contribution is 6.49. The maximum absolute atomic E-state index is 13.0. The maximum atomic E-state index is 13.0. The van der Waals surface area contributed by atoms with E-state index < -0.39 is 11.6 Å². The molecule has 0 radical (unpaired) electrons. The second-order valence-electron chi connectivity index (χ2n) is 12.2. The van der Waals surface area contributed by atoms with E-state index in [-0.39, 0.29) is 0 Å². The molecule has 0 aliphatic heterocycles. The normalized spacial score (nSPS) is 11.0. The van der Waals surface area contributed by atoms with E-state index in [9.17, 15) is 9.59 Å². The molecule has 0 aromatic heterocycles. The van der Waals surface area contributed by atoms with E-state index in [4.69, 9.17) is 0 Å². The number of benzene rings is 4. The Balaban J connectivity index is 1.27. The summed E-state index contributed by atoms with van der Waals surface area (Å²) >= 11 is 0. The van der Waals surface area contributed by atoms with Crippen molar-refractivity contribution in [1.82, 2.24) is 0 Å². The van der Waals surface area contributed by atoms with E-state index in [1.54, 1.807) is 24.3 Å². The van der Waals surface area contributed by atoms with Crippen LogP contribution in [-0.4, -0.2) is 11.6 Å². The fourth-order valence-electron chi connectivity index (χ4n) is 5.84. The average molecular weight is 587 g/mol. The topological polar surface area (TPSA) is 34.1 Å². The first-order chi connectivity index (χ1) is 21.6. The minimum absolute atomic E-state index is 0.420. The highest BCUT2D eigenvalue weighted by atomic mass is 16.2. The minimum atomic E-state index is -0.474. The Morgan fingerprint density at radius 1 is 0.364 bits per heavy atom. The van der Waals surface area contributed by atoms with Gasteiger partial charge in [-0.3, -0.25) is 9.59 Å². The number of aryl methyl sites for hydroxylation is 2. The second-order valence-corrected chi connectivity index (χ2v) is 12.2. The molecule has 2 nitrogen and oxygen atoms in total.